The van der Waals surface area contributed by atoms with Crippen LogP contribution < -0.4 is 5.32 Å². The van der Waals surface area contributed by atoms with E-state index >= 15 is 0 Å². The van der Waals surface area contributed by atoms with Gasteiger partial charge >= 0.3 is 0 Å². The van der Waals surface area contributed by atoms with E-state index in [9.17, 15) is 4.79 Å². The maximum Gasteiger partial charge on any atom is 0.220 e. The van der Waals surface area contributed by atoms with Gasteiger partial charge in [-0.1, -0.05) is 58.0 Å². The van der Waals surface area contributed by atoms with Gasteiger partial charge < -0.3 is 14.3 Å². The number of hydrogen-bond acceptors (Lipinski definition) is 6. The molecule has 0 unspecified atom stereocenters. The number of furan rings is 1. The quantitative estimate of drug-likeness (QED) is 0.171. The Balaban J connectivity index is 1.22. The fourth-order valence-electron chi connectivity index (χ4n) is 3.92. The molecule has 0 saturated heterocycles. The Morgan fingerprint density at radius 1 is 1.03 bits per heavy atom. The third kappa shape index (κ3) is 5.74. The fourth-order valence-corrected chi connectivity index (χ4v) is 4.97. The third-order valence-corrected chi connectivity index (χ3v) is 7.13. The Hall–Kier alpha value is -3.17. The molecule has 0 bridgehead atoms. The fraction of sp³-hybridized carbons (Fsp3) is 0.231. The average Bonchev–Trinajstić information content (AvgIpc) is 3.51. The highest BCUT2D eigenvalue weighted by Gasteiger charge is 2.15. The summed E-state index contributed by atoms with van der Waals surface area (Å²) in [7, 11) is 0. The minimum Gasteiger partial charge on any atom is -0.467 e. The number of hydrogen-bond donors (Lipinski definition) is 1. The first-order chi connectivity index (χ1) is 17.2. The third-order valence-electron chi connectivity index (χ3n) is 5.68. The van der Waals surface area contributed by atoms with Crippen LogP contribution in [0.5, 0.6) is 0 Å². The molecule has 5 aromatic rings. The molecule has 0 spiro atoms. The Bertz CT molecular complexity index is 1430. The van der Waals surface area contributed by atoms with Gasteiger partial charge in [0, 0.05) is 28.6 Å². The number of para-hydroxylation sites is 1. The molecule has 0 aliphatic heterocycles. The van der Waals surface area contributed by atoms with Crippen molar-refractivity contribution in [1.82, 2.24) is 25.1 Å². The number of nitrogens with zero attached hydrogens (tertiary/aromatic N) is 4. The van der Waals surface area contributed by atoms with Gasteiger partial charge in [-0.05, 0) is 48.7 Å². The molecule has 0 radical (unpaired) electrons. The smallest absolute Gasteiger partial charge is 0.220 e. The number of thioether (sulfide) groups is 1. The van der Waals surface area contributed by atoms with Gasteiger partial charge in [-0.15, -0.1) is 10.2 Å². The first kappa shape index (κ1) is 23.6. The Morgan fingerprint density at radius 3 is 2.71 bits per heavy atom. The summed E-state index contributed by atoms with van der Waals surface area (Å²) in [5.41, 5.74) is 3.93. The van der Waals surface area contributed by atoms with Crippen molar-refractivity contribution >= 4 is 55.7 Å². The molecule has 1 N–H and O–H groups in total. The maximum atomic E-state index is 12.0. The summed E-state index contributed by atoms with van der Waals surface area (Å²) in [6, 6.07) is 20.2. The zero-order valence-electron chi connectivity index (χ0n) is 19.0. The molecule has 2 aromatic carbocycles. The number of carbonyl (C=O) groups is 1. The molecule has 0 aliphatic rings. The number of carbonyl (C=O) groups excluding carboxylic acids is 1. The van der Waals surface area contributed by atoms with Crippen molar-refractivity contribution in [2.45, 2.75) is 37.5 Å². The zero-order valence-corrected chi connectivity index (χ0v) is 21.4. The highest BCUT2D eigenvalue weighted by molar-refractivity contribution is 9.10. The summed E-state index contributed by atoms with van der Waals surface area (Å²) in [6.45, 7) is 1.13. The van der Waals surface area contributed by atoms with Gasteiger partial charge in [0.25, 0.3) is 0 Å². The SMILES string of the molecule is O=C(CCCCSc1nnc2c3ccccc3n(Cc3ccc(Br)cc3)c2n1)NCc1ccco1. The molecular weight excluding hydrogens is 526 g/mol. The summed E-state index contributed by atoms with van der Waals surface area (Å²) in [4.78, 5) is 16.9. The van der Waals surface area contributed by atoms with E-state index in [2.05, 4.69) is 72.4 Å². The van der Waals surface area contributed by atoms with Crippen molar-refractivity contribution in [2.75, 3.05) is 5.75 Å². The average molecular weight is 550 g/mol. The molecule has 0 aliphatic carbocycles. The van der Waals surface area contributed by atoms with Crippen molar-refractivity contribution < 1.29 is 9.21 Å². The van der Waals surface area contributed by atoms with Gasteiger partial charge in [0.2, 0.25) is 11.1 Å². The molecule has 35 heavy (non-hydrogen) atoms. The number of benzene rings is 2. The molecular formula is C26H24BrN5O2S. The molecule has 0 atom stereocenters. The van der Waals surface area contributed by atoms with Gasteiger partial charge in [0.15, 0.2) is 5.65 Å². The van der Waals surface area contributed by atoms with Crippen LogP contribution in [0.15, 0.2) is 81.0 Å². The first-order valence-corrected chi connectivity index (χ1v) is 13.2. The lowest BCUT2D eigenvalue weighted by atomic mass is 10.2. The van der Waals surface area contributed by atoms with Crippen LogP contribution in [-0.2, 0) is 17.9 Å². The Morgan fingerprint density at radius 2 is 1.89 bits per heavy atom. The van der Waals surface area contributed by atoms with Crippen LogP contribution in [0.1, 0.15) is 30.6 Å². The van der Waals surface area contributed by atoms with Crippen molar-refractivity contribution in [3.05, 3.63) is 82.7 Å². The van der Waals surface area contributed by atoms with Crippen LogP contribution in [0.3, 0.4) is 0 Å². The summed E-state index contributed by atoms with van der Waals surface area (Å²) in [5.74, 6) is 1.61. The van der Waals surface area contributed by atoms with Crippen LogP contribution in [0.25, 0.3) is 22.1 Å². The largest absolute Gasteiger partial charge is 0.467 e. The molecule has 0 saturated carbocycles. The number of aromatic nitrogens is 4. The summed E-state index contributed by atoms with van der Waals surface area (Å²) < 4.78 is 8.49. The number of fused-ring (bicyclic) bond motifs is 3. The van der Waals surface area contributed by atoms with E-state index in [0.717, 1.165) is 50.9 Å². The van der Waals surface area contributed by atoms with Gasteiger partial charge in [-0.3, -0.25) is 4.79 Å². The topological polar surface area (TPSA) is 85.8 Å². The molecule has 1 amide bonds. The number of unbranched alkanes of at least 4 members (excludes halogenated alkanes) is 1. The molecule has 5 rings (SSSR count). The van der Waals surface area contributed by atoms with E-state index in [1.807, 2.05) is 24.3 Å². The lowest BCUT2D eigenvalue weighted by Crippen LogP contribution is -2.22. The highest BCUT2D eigenvalue weighted by Crippen LogP contribution is 2.28. The highest BCUT2D eigenvalue weighted by atomic mass is 79.9. The molecule has 7 nitrogen and oxygen atoms in total. The van der Waals surface area contributed by atoms with Crippen molar-refractivity contribution in [3.8, 4) is 0 Å². The Labute approximate surface area is 215 Å². The number of rotatable bonds is 10. The molecule has 0 fully saturated rings. The Kier molecular flexibility index (Phi) is 7.44. The lowest BCUT2D eigenvalue weighted by Gasteiger charge is -2.07. The minimum absolute atomic E-state index is 0.0307. The molecule has 3 aromatic heterocycles. The normalized spacial score (nSPS) is 11.3. The summed E-state index contributed by atoms with van der Waals surface area (Å²) in [5, 5.41) is 13.5. The predicted octanol–water partition coefficient (Wildman–Crippen LogP) is 5.96. The number of halogens is 1. The van der Waals surface area contributed by atoms with Crippen LogP contribution in [-0.4, -0.2) is 31.4 Å². The zero-order chi connectivity index (χ0) is 24.0. The van der Waals surface area contributed by atoms with Gasteiger partial charge in [0.1, 0.15) is 11.3 Å². The second-order valence-electron chi connectivity index (χ2n) is 8.16. The van der Waals surface area contributed by atoms with E-state index in [0.29, 0.717) is 24.7 Å². The summed E-state index contributed by atoms with van der Waals surface area (Å²) >= 11 is 5.08. The van der Waals surface area contributed by atoms with Gasteiger partial charge in [-0.25, -0.2) is 4.98 Å². The predicted molar refractivity (Wildman–Crippen MR) is 141 cm³/mol. The van der Waals surface area contributed by atoms with E-state index < -0.39 is 0 Å². The van der Waals surface area contributed by atoms with Gasteiger partial charge in [-0.2, -0.15) is 0 Å². The lowest BCUT2D eigenvalue weighted by molar-refractivity contribution is -0.121. The standard InChI is InChI=1S/C26H24BrN5O2S/c27-19-12-10-18(11-13-19)17-32-22-8-2-1-7-21(22)24-25(32)29-26(31-30-24)35-15-4-3-9-23(33)28-16-20-6-5-14-34-20/h1-2,5-8,10-14H,3-4,9,15-17H2,(H,28,33). The van der Waals surface area contributed by atoms with Crippen LogP contribution in [0.2, 0.25) is 0 Å². The van der Waals surface area contributed by atoms with E-state index in [1.54, 1.807) is 18.0 Å². The molecule has 178 valence electrons. The van der Waals surface area contributed by atoms with Crippen molar-refractivity contribution in [3.63, 3.8) is 0 Å². The molecule has 3 heterocycles. The number of amides is 1. The molecule has 9 heteroatoms. The minimum atomic E-state index is 0.0307. The van der Waals surface area contributed by atoms with Gasteiger partial charge in [0.05, 0.1) is 18.3 Å². The van der Waals surface area contributed by atoms with Crippen LogP contribution in [0, 0.1) is 0 Å². The second-order valence-corrected chi connectivity index (χ2v) is 10.1. The van der Waals surface area contributed by atoms with Crippen LogP contribution >= 0.6 is 27.7 Å². The number of nitrogens with one attached hydrogen (secondary N) is 1. The second kappa shape index (κ2) is 11.0. The first-order valence-electron chi connectivity index (χ1n) is 11.5. The summed E-state index contributed by atoms with van der Waals surface area (Å²) in [6.07, 6.45) is 3.78. The maximum absolute atomic E-state index is 12.0. The van der Waals surface area contributed by atoms with E-state index in [-0.39, 0.29) is 5.91 Å². The van der Waals surface area contributed by atoms with E-state index in [4.69, 9.17) is 9.40 Å². The van der Waals surface area contributed by atoms with E-state index in [1.165, 1.54) is 5.56 Å². The van der Waals surface area contributed by atoms with Crippen LogP contribution in [0.4, 0.5) is 0 Å². The van der Waals surface area contributed by atoms with Crippen molar-refractivity contribution in [1.29, 1.82) is 0 Å². The monoisotopic (exact) mass is 549 g/mol. The van der Waals surface area contributed by atoms with Crippen molar-refractivity contribution in [2.24, 2.45) is 0 Å².